The summed E-state index contributed by atoms with van der Waals surface area (Å²) in [5.41, 5.74) is 9.74. The fourth-order valence-electron chi connectivity index (χ4n) is 3.85. The van der Waals surface area contributed by atoms with E-state index in [-0.39, 0.29) is 0 Å². The number of hydrogen-bond acceptors (Lipinski definition) is 1. The number of aryl methyl sites for hydroxylation is 2. The van der Waals surface area contributed by atoms with Crippen LogP contribution in [-0.4, -0.2) is 9.61 Å². The van der Waals surface area contributed by atoms with Crippen LogP contribution in [0.15, 0.2) is 85.1 Å². The lowest BCUT2D eigenvalue weighted by molar-refractivity contribution is 1.01. The Balaban J connectivity index is 1.98. The highest BCUT2D eigenvalue weighted by atomic mass is 15.2. The second kappa shape index (κ2) is 6.10. The number of para-hydroxylation sites is 1. The molecule has 0 saturated carbocycles. The molecule has 0 bridgehead atoms. The Morgan fingerprint density at radius 2 is 1.19 bits per heavy atom. The predicted octanol–water partition coefficient (Wildman–Crippen LogP) is 6.44. The number of hydrogen-bond donors (Lipinski definition) is 0. The van der Waals surface area contributed by atoms with Crippen molar-refractivity contribution in [1.82, 2.24) is 9.61 Å². The van der Waals surface area contributed by atoms with Crippen LogP contribution < -0.4 is 0 Å². The minimum Gasteiger partial charge on any atom is -0.232 e. The highest BCUT2D eigenvalue weighted by Gasteiger charge is 2.17. The molecule has 0 aliphatic heterocycles. The van der Waals surface area contributed by atoms with Crippen LogP contribution in [0, 0.1) is 13.8 Å². The molecule has 0 spiro atoms. The van der Waals surface area contributed by atoms with Crippen LogP contribution in [0.5, 0.6) is 0 Å². The highest BCUT2D eigenvalue weighted by molar-refractivity contribution is 6.08. The molecule has 3 aromatic carbocycles. The topological polar surface area (TPSA) is 17.3 Å². The monoisotopic (exact) mass is 348 g/mol. The Morgan fingerprint density at radius 1 is 0.593 bits per heavy atom. The molecular formula is C25H20N2. The first kappa shape index (κ1) is 15.8. The van der Waals surface area contributed by atoms with Crippen LogP contribution >= 0.6 is 0 Å². The molecule has 0 saturated heterocycles. The van der Waals surface area contributed by atoms with Gasteiger partial charge in [0.2, 0.25) is 0 Å². The lowest BCUT2D eigenvalue weighted by Crippen LogP contribution is -1.97. The Bertz CT molecular complexity index is 1260. The molecule has 0 aliphatic rings. The molecule has 130 valence electrons. The molecule has 0 amide bonds. The SMILES string of the molecule is Cc1ccc(-c2c(-c3ccc(C)cc3)c3ccnn3c3ccccc23)cc1. The summed E-state index contributed by atoms with van der Waals surface area (Å²) in [5, 5.41) is 5.83. The van der Waals surface area contributed by atoms with Gasteiger partial charge in [0, 0.05) is 16.5 Å². The number of fused-ring (bicyclic) bond motifs is 3. The van der Waals surface area contributed by atoms with Gasteiger partial charge in [0.15, 0.2) is 0 Å². The fourth-order valence-corrected chi connectivity index (χ4v) is 3.85. The van der Waals surface area contributed by atoms with E-state index in [1.165, 1.54) is 38.8 Å². The van der Waals surface area contributed by atoms with Crippen LogP contribution in [0.1, 0.15) is 11.1 Å². The maximum atomic E-state index is 4.62. The molecule has 27 heavy (non-hydrogen) atoms. The molecule has 0 unspecified atom stereocenters. The Kier molecular flexibility index (Phi) is 3.58. The molecular weight excluding hydrogens is 328 g/mol. The third kappa shape index (κ3) is 2.53. The molecule has 5 rings (SSSR count). The fraction of sp³-hybridized carbons (Fsp3) is 0.0800. The first-order chi connectivity index (χ1) is 13.2. The summed E-state index contributed by atoms with van der Waals surface area (Å²) in [6, 6.07) is 28.2. The Morgan fingerprint density at radius 3 is 1.85 bits per heavy atom. The molecule has 2 aromatic heterocycles. The zero-order valence-electron chi connectivity index (χ0n) is 15.5. The third-order valence-electron chi connectivity index (χ3n) is 5.23. The van der Waals surface area contributed by atoms with E-state index in [1.54, 1.807) is 0 Å². The second-order valence-electron chi connectivity index (χ2n) is 7.13. The molecule has 0 atom stereocenters. The molecule has 5 aromatic rings. The lowest BCUT2D eigenvalue weighted by Gasteiger charge is -2.17. The van der Waals surface area contributed by atoms with Crippen molar-refractivity contribution in [2.45, 2.75) is 13.8 Å². The number of pyridine rings is 1. The Labute approximate surface area is 158 Å². The summed E-state index contributed by atoms with van der Waals surface area (Å²) >= 11 is 0. The van der Waals surface area contributed by atoms with Crippen molar-refractivity contribution in [3.63, 3.8) is 0 Å². The minimum atomic E-state index is 1.13. The van der Waals surface area contributed by atoms with E-state index < -0.39 is 0 Å². The van der Waals surface area contributed by atoms with E-state index in [2.05, 4.69) is 102 Å². The van der Waals surface area contributed by atoms with Gasteiger partial charge in [0.05, 0.1) is 17.2 Å². The van der Waals surface area contributed by atoms with Gasteiger partial charge in [-0.15, -0.1) is 0 Å². The number of nitrogens with zero attached hydrogens (tertiary/aromatic N) is 2. The summed E-state index contributed by atoms with van der Waals surface area (Å²) in [7, 11) is 0. The predicted molar refractivity (Wildman–Crippen MR) is 113 cm³/mol. The highest BCUT2D eigenvalue weighted by Crippen LogP contribution is 2.41. The van der Waals surface area contributed by atoms with Gasteiger partial charge in [0.1, 0.15) is 0 Å². The minimum absolute atomic E-state index is 1.13. The van der Waals surface area contributed by atoms with Crippen LogP contribution in [0.2, 0.25) is 0 Å². The molecule has 0 N–H and O–H groups in total. The second-order valence-corrected chi connectivity index (χ2v) is 7.13. The summed E-state index contributed by atoms with van der Waals surface area (Å²) < 4.78 is 2.06. The van der Waals surface area contributed by atoms with E-state index in [4.69, 9.17) is 0 Å². The summed E-state index contributed by atoms with van der Waals surface area (Å²) in [6.45, 7) is 4.25. The molecule has 0 radical (unpaired) electrons. The van der Waals surface area contributed by atoms with Crippen LogP contribution in [0.4, 0.5) is 0 Å². The van der Waals surface area contributed by atoms with Gasteiger partial charge < -0.3 is 0 Å². The van der Waals surface area contributed by atoms with Gasteiger partial charge in [-0.25, -0.2) is 4.52 Å². The van der Waals surface area contributed by atoms with E-state index in [9.17, 15) is 0 Å². The van der Waals surface area contributed by atoms with Crippen LogP contribution in [-0.2, 0) is 0 Å². The first-order valence-corrected chi connectivity index (χ1v) is 9.25. The number of aromatic nitrogens is 2. The van der Waals surface area contributed by atoms with E-state index in [1.807, 2.05) is 6.20 Å². The zero-order chi connectivity index (χ0) is 18.4. The smallest absolute Gasteiger partial charge is 0.0753 e. The standard InChI is InChI=1S/C25H20N2/c1-17-7-11-19(12-8-17)24-21-5-3-4-6-22(21)27-23(15-16-26-27)25(24)20-13-9-18(2)10-14-20/h3-16H,1-2H3. The van der Waals surface area contributed by atoms with E-state index in [0.717, 1.165) is 11.0 Å². The molecule has 2 heteroatoms. The maximum absolute atomic E-state index is 4.62. The third-order valence-corrected chi connectivity index (χ3v) is 5.23. The average molecular weight is 348 g/mol. The van der Waals surface area contributed by atoms with Crippen molar-refractivity contribution >= 4 is 16.4 Å². The summed E-state index contributed by atoms with van der Waals surface area (Å²) in [6.07, 6.45) is 1.89. The molecule has 2 heterocycles. The Hall–Kier alpha value is -3.39. The van der Waals surface area contributed by atoms with Crippen molar-refractivity contribution in [2.24, 2.45) is 0 Å². The number of rotatable bonds is 2. The molecule has 0 fully saturated rings. The van der Waals surface area contributed by atoms with Crippen molar-refractivity contribution in [1.29, 1.82) is 0 Å². The number of benzene rings is 3. The molecule has 0 aliphatic carbocycles. The first-order valence-electron chi connectivity index (χ1n) is 9.25. The van der Waals surface area contributed by atoms with Crippen LogP contribution in [0.3, 0.4) is 0 Å². The van der Waals surface area contributed by atoms with Crippen molar-refractivity contribution in [3.8, 4) is 22.3 Å². The summed E-state index contributed by atoms with van der Waals surface area (Å²) in [5.74, 6) is 0. The lowest BCUT2D eigenvalue weighted by atomic mass is 9.90. The van der Waals surface area contributed by atoms with Gasteiger partial charge in [-0.1, -0.05) is 77.9 Å². The largest absolute Gasteiger partial charge is 0.232 e. The maximum Gasteiger partial charge on any atom is 0.0753 e. The van der Waals surface area contributed by atoms with Crippen molar-refractivity contribution in [3.05, 3.63) is 96.2 Å². The van der Waals surface area contributed by atoms with Gasteiger partial charge >= 0.3 is 0 Å². The molecule has 2 nitrogen and oxygen atoms in total. The van der Waals surface area contributed by atoms with Crippen molar-refractivity contribution in [2.75, 3.05) is 0 Å². The normalized spacial score (nSPS) is 11.3. The van der Waals surface area contributed by atoms with Gasteiger partial charge in [-0.3, -0.25) is 0 Å². The summed E-state index contributed by atoms with van der Waals surface area (Å²) in [4.78, 5) is 0. The van der Waals surface area contributed by atoms with Gasteiger partial charge in [-0.05, 0) is 37.1 Å². The van der Waals surface area contributed by atoms with Crippen LogP contribution in [0.25, 0.3) is 38.7 Å². The van der Waals surface area contributed by atoms with Crippen molar-refractivity contribution < 1.29 is 0 Å². The average Bonchev–Trinajstić information content (AvgIpc) is 3.18. The van der Waals surface area contributed by atoms with Gasteiger partial charge in [-0.2, -0.15) is 5.10 Å². The zero-order valence-corrected chi connectivity index (χ0v) is 15.5. The van der Waals surface area contributed by atoms with E-state index >= 15 is 0 Å². The van der Waals surface area contributed by atoms with E-state index in [0.29, 0.717) is 0 Å². The van der Waals surface area contributed by atoms with Gasteiger partial charge in [0.25, 0.3) is 0 Å². The quantitative estimate of drug-likeness (QED) is 0.359.